The molecule has 1 unspecified atom stereocenters. The van der Waals surface area contributed by atoms with Crippen LogP contribution in [-0.2, 0) is 17.1 Å². The summed E-state index contributed by atoms with van der Waals surface area (Å²) < 4.78 is 1.79. The first-order valence-electron chi connectivity index (χ1n) is 10.8. The van der Waals surface area contributed by atoms with E-state index in [4.69, 9.17) is 11.6 Å². The van der Waals surface area contributed by atoms with Gasteiger partial charge in [0.15, 0.2) is 11.0 Å². The smallest absolute Gasteiger partial charge is 0.269 e. The first kappa shape index (κ1) is 24.4. The number of amides is 1. The van der Waals surface area contributed by atoms with Crippen LogP contribution in [0.25, 0.3) is 5.69 Å². The summed E-state index contributed by atoms with van der Waals surface area (Å²) >= 11 is 7.83. The first-order valence-corrected chi connectivity index (χ1v) is 12.2. The number of nitrogens with zero attached hydrogens (tertiary/aromatic N) is 4. The van der Waals surface area contributed by atoms with Gasteiger partial charge in [-0.15, -0.1) is 21.8 Å². The number of alkyl halides is 1. The number of non-ortho nitro benzene ring substituents is 1. The molecule has 1 amide bonds. The van der Waals surface area contributed by atoms with E-state index in [2.05, 4.69) is 21.6 Å². The quantitative estimate of drug-likeness (QED) is 0.141. The molecule has 8 nitrogen and oxygen atoms in total. The maximum atomic E-state index is 12.7. The van der Waals surface area contributed by atoms with Gasteiger partial charge < -0.3 is 5.32 Å². The van der Waals surface area contributed by atoms with Crippen LogP contribution in [0.1, 0.15) is 27.9 Å². The number of halogens is 1. The second kappa shape index (κ2) is 11.2. The Balaban J connectivity index is 1.57. The van der Waals surface area contributed by atoms with Gasteiger partial charge in [-0.3, -0.25) is 19.5 Å². The fraction of sp³-hybridized carbons (Fsp3) is 0.160. The van der Waals surface area contributed by atoms with Crippen LogP contribution in [0.3, 0.4) is 0 Å². The molecule has 0 aliphatic heterocycles. The van der Waals surface area contributed by atoms with E-state index >= 15 is 0 Å². The molecule has 1 aromatic heterocycles. The summed E-state index contributed by atoms with van der Waals surface area (Å²) in [6.07, 6.45) is 0. The normalized spacial score (nSPS) is 11.7. The van der Waals surface area contributed by atoms with Gasteiger partial charge in [0.2, 0.25) is 5.91 Å². The van der Waals surface area contributed by atoms with Gasteiger partial charge >= 0.3 is 0 Å². The van der Waals surface area contributed by atoms with Crippen LogP contribution in [0.2, 0.25) is 0 Å². The lowest BCUT2D eigenvalue weighted by Gasteiger charge is -2.13. The molecule has 0 radical (unpaired) electrons. The van der Waals surface area contributed by atoms with Gasteiger partial charge in [-0.25, -0.2) is 0 Å². The third-order valence-electron chi connectivity index (χ3n) is 5.21. The molecule has 10 heteroatoms. The molecule has 178 valence electrons. The van der Waals surface area contributed by atoms with Crippen molar-refractivity contribution in [1.82, 2.24) is 20.1 Å². The Morgan fingerprint density at radius 2 is 1.83 bits per heavy atom. The lowest BCUT2D eigenvalue weighted by atomic mass is 10.1. The van der Waals surface area contributed by atoms with Crippen molar-refractivity contribution >= 4 is 35.0 Å². The fourth-order valence-electron chi connectivity index (χ4n) is 3.47. The molecule has 4 rings (SSSR count). The number of aromatic nitrogens is 3. The molecule has 0 saturated carbocycles. The van der Waals surface area contributed by atoms with Crippen molar-refractivity contribution in [2.24, 2.45) is 0 Å². The molecule has 1 heterocycles. The van der Waals surface area contributed by atoms with Gasteiger partial charge in [-0.1, -0.05) is 71.9 Å². The average Bonchev–Trinajstić information content (AvgIpc) is 3.29. The average molecular weight is 508 g/mol. The molecule has 0 saturated heterocycles. The van der Waals surface area contributed by atoms with Crippen molar-refractivity contribution in [2.45, 2.75) is 29.8 Å². The predicted octanol–water partition coefficient (Wildman–Crippen LogP) is 5.37. The molecule has 1 N–H and O–H groups in total. The van der Waals surface area contributed by atoms with E-state index in [1.54, 1.807) is 28.8 Å². The van der Waals surface area contributed by atoms with Crippen molar-refractivity contribution in [3.8, 4) is 5.69 Å². The highest BCUT2D eigenvalue weighted by Crippen LogP contribution is 2.27. The molecule has 0 bridgehead atoms. The van der Waals surface area contributed by atoms with Crippen LogP contribution in [0.4, 0.5) is 5.69 Å². The Bertz CT molecular complexity index is 1330. The maximum Gasteiger partial charge on any atom is 0.269 e. The molecule has 0 spiro atoms. The molecular formula is C25H22ClN5O3S. The number of hydrogen-bond donors (Lipinski definition) is 1. The number of aryl methyl sites for hydroxylation is 1. The Labute approximate surface area is 211 Å². The van der Waals surface area contributed by atoms with Gasteiger partial charge in [0, 0.05) is 23.6 Å². The van der Waals surface area contributed by atoms with Crippen LogP contribution in [-0.4, -0.2) is 25.6 Å². The maximum absolute atomic E-state index is 12.7. The summed E-state index contributed by atoms with van der Waals surface area (Å²) in [5.74, 6) is 0.789. The van der Waals surface area contributed by atoms with Crippen LogP contribution in [0.15, 0.2) is 84.0 Å². The van der Waals surface area contributed by atoms with Gasteiger partial charge in [0.05, 0.1) is 11.5 Å². The SMILES string of the molecule is Cc1cccc(CSc2nnc(CNC(=O)C(Cl)c3ccccc3)n2-c2ccc([N+](=O)[O-])cc2)c1. The number of hydrogen-bond acceptors (Lipinski definition) is 6. The number of carbonyl (C=O) groups excluding carboxylic acids is 1. The molecule has 1 atom stereocenters. The topological polar surface area (TPSA) is 103 Å². The molecule has 0 fully saturated rings. The number of nitro benzene ring substituents is 1. The number of carbonyl (C=O) groups is 1. The van der Waals surface area contributed by atoms with Gasteiger partial charge in [-0.05, 0) is 30.2 Å². The second-order valence-corrected chi connectivity index (χ2v) is 9.16. The molecule has 0 aliphatic carbocycles. The van der Waals surface area contributed by atoms with E-state index in [-0.39, 0.29) is 18.1 Å². The molecule has 4 aromatic rings. The van der Waals surface area contributed by atoms with E-state index < -0.39 is 10.3 Å². The number of nitrogens with one attached hydrogen (secondary N) is 1. The number of benzene rings is 3. The summed E-state index contributed by atoms with van der Waals surface area (Å²) in [6, 6.07) is 23.4. The van der Waals surface area contributed by atoms with Gasteiger partial charge in [0.1, 0.15) is 5.38 Å². The lowest BCUT2D eigenvalue weighted by molar-refractivity contribution is -0.384. The lowest BCUT2D eigenvalue weighted by Crippen LogP contribution is -2.27. The van der Waals surface area contributed by atoms with Crippen molar-refractivity contribution in [1.29, 1.82) is 0 Å². The zero-order valence-corrected chi connectivity index (χ0v) is 20.4. The van der Waals surface area contributed by atoms with Crippen molar-refractivity contribution in [3.05, 3.63) is 111 Å². The summed E-state index contributed by atoms with van der Waals surface area (Å²) in [5, 5.41) is 22.3. The van der Waals surface area contributed by atoms with Crippen LogP contribution in [0.5, 0.6) is 0 Å². The van der Waals surface area contributed by atoms with Crippen molar-refractivity contribution < 1.29 is 9.72 Å². The van der Waals surface area contributed by atoms with Crippen LogP contribution < -0.4 is 5.32 Å². The standard InChI is InChI=1S/C25H22ClN5O3S/c1-17-6-5-7-18(14-17)16-35-25-29-28-22(30(25)20-10-12-21(13-11-20)31(33)34)15-27-24(32)23(26)19-8-3-2-4-9-19/h2-14,23H,15-16H2,1H3,(H,27,32). The summed E-state index contributed by atoms with van der Waals surface area (Å²) in [4.78, 5) is 23.3. The third kappa shape index (κ3) is 6.06. The van der Waals surface area contributed by atoms with Crippen molar-refractivity contribution in [2.75, 3.05) is 0 Å². The van der Waals surface area contributed by atoms with E-state index in [9.17, 15) is 14.9 Å². The predicted molar refractivity (Wildman–Crippen MR) is 136 cm³/mol. The summed E-state index contributed by atoms with van der Waals surface area (Å²) in [7, 11) is 0. The summed E-state index contributed by atoms with van der Waals surface area (Å²) in [5.41, 5.74) is 3.63. The monoisotopic (exact) mass is 507 g/mol. The highest BCUT2D eigenvalue weighted by molar-refractivity contribution is 7.98. The minimum Gasteiger partial charge on any atom is -0.347 e. The van der Waals surface area contributed by atoms with E-state index in [0.717, 1.165) is 11.1 Å². The fourth-order valence-corrected chi connectivity index (χ4v) is 4.61. The largest absolute Gasteiger partial charge is 0.347 e. The van der Waals surface area contributed by atoms with E-state index in [1.165, 1.54) is 23.9 Å². The molecule has 0 aliphatic rings. The third-order valence-corrected chi connectivity index (χ3v) is 6.66. The van der Waals surface area contributed by atoms with E-state index in [1.807, 2.05) is 43.3 Å². The highest BCUT2D eigenvalue weighted by Gasteiger charge is 2.20. The summed E-state index contributed by atoms with van der Waals surface area (Å²) in [6.45, 7) is 2.12. The zero-order valence-electron chi connectivity index (χ0n) is 18.8. The Morgan fingerprint density at radius 3 is 2.51 bits per heavy atom. The highest BCUT2D eigenvalue weighted by atomic mass is 35.5. The second-order valence-electron chi connectivity index (χ2n) is 7.78. The number of rotatable bonds is 9. The minimum absolute atomic E-state index is 0.0153. The Kier molecular flexibility index (Phi) is 7.79. The van der Waals surface area contributed by atoms with Crippen LogP contribution >= 0.6 is 23.4 Å². The number of thioether (sulfide) groups is 1. The van der Waals surface area contributed by atoms with E-state index in [0.29, 0.717) is 28.0 Å². The molecular weight excluding hydrogens is 486 g/mol. The Morgan fingerprint density at radius 1 is 1.09 bits per heavy atom. The van der Waals surface area contributed by atoms with Gasteiger partial charge in [0.25, 0.3) is 5.69 Å². The molecule has 35 heavy (non-hydrogen) atoms. The molecule has 3 aromatic carbocycles. The Hall–Kier alpha value is -3.69. The van der Waals surface area contributed by atoms with Crippen LogP contribution in [0, 0.1) is 17.0 Å². The van der Waals surface area contributed by atoms with Gasteiger partial charge in [-0.2, -0.15) is 0 Å². The number of nitro groups is 1. The minimum atomic E-state index is -0.845. The van der Waals surface area contributed by atoms with Crippen molar-refractivity contribution in [3.63, 3.8) is 0 Å². The zero-order chi connectivity index (χ0) is 24.8. The first-order chi connectivity index (χ1) is 16.9.